The van der Waals surface area contributed by atoms with Gasteiger partial charge in [-0.15, -0.1) is 0 Å². The molecule has 1 heterocycles. The number of esters is 2. The third kappa shape index (κ3) is 11.9. The maximum Gasteiger partial charge on any atom is 0.305 e. The Bertz CT molecular complexity index is 1540. The second-order valence-corrected chi connectivity index (χ2v) is 12.1. The van der Waals surface area contributed by atoms with Gasteiger partial charge in [0, 0.05) is 18.4 Å². The average molecular weight is 683 g/mol. The van der Waals surface area contributed by atoms with Gasteiger partial charge in [-0.1, -0.05) is 121 Å². The highest BCUT2D eigenvalue weighted by Crippen LogP contribution is 2.32. The first kappa shape index (κ1) is 36.9. The van der Waals surface area contributed by atoms with Crippen LogP contribution in [0.3, 0.4) is 0 Å². The Morgan fingerprint density at radius 1 is 0.660 bits per heavy atom. The highest BCUT2D eigenvalue weighted by Gasteiger charge is 2.43. The summed E-state index contributed by atoms with van der Waals surface area (Å²) in [6.45, 7) is 0.989. The van der Waals surface area contributed by atoms with Crippen LogP contribution in [0.5, 0.6) is 0 Å². The molecule has 0 bridgehead atoms. The van der Waals surface area contributed by atoms with Gasteiger partial charge in [0.25, 0.3) is 0 Å². The summed E-state index contributed by atoms with van der Waals surface area (Å²) in [6.07, 6.45) is -1.83. The Balaban J connectivity index is 1.40. The van der Waals surface area contributed by atoms with Gasteiger partial charge in [-0.3, -0.25) is 9.59 Å². The second-order valence-electron chi connectivity index (χ2n) is 12.1. The zero-order chi connectivity index (χ0) is 34.8. The maximum atomic E-state index is 13.0. The van der Waals surface area contributed by atoms with E-state index in [0.717, 1.165) is 22.3 Å². The lowest BCUT2D eigenvalue weighted by atomic mass is 10.0. The second kappa shape index (κ2) is 20.3. The van der Waals surface area contributed by atoms with Crippen molar-refractivity contribution in [2.24, 2.45) is 0 Å². The van der Waals surface area contributed by atoms with Crippen molar-refractivity contribution in [3.05, 3.63) is 144 Å². The Labute approximate surface area is 294 Å². The van der Waals surface area contributed by atoms with Gasteiger partial charge in [-0.25, -0.2) is 0 Å². The van der Waals surface area contributed by atoms with Crippen molar-refractivity contribution in [2.45, 2.75) is 76.2 Å². The van der Waals surface area contributed by atoms with E-state index in [0.29, 0.717) is 12.8 Å². The van der Waals surface area contributed by atoms with Crippen molar-refractivity contribution in [1.82, 2.24) is 0 Å². The topological polar surface area (TPSA) is 98.8 Å². The van der Waals surface area contributed by atoms with Gasteiger partial charge in [0.2, 0.25) is 0 Å². The standard InChI is InChI=1S/C41H46O9/c1-44-37(42)24-14-15-25-38(43)46-29-35(45-26-31-16-6-2-7-17-31)39(47-27-32-18-8-3-9-19-32)40(48-28-33-20-10-4-11-21-33)36-30-49-41(50-36)34-22-12-5-13-23-34/h2-13,16-23,35-36,39-41H,14-15,24-30H2,1H3/t35-,36?,39-,40-,41?/m1/s1. The van der Waals surface area contributed by atoms with Crippen LogP contribution in [0.15, 0.2) is 121 Å². The molecule has 9 heteroatoms. The molecule has 2 unspecified atom stereocenters. The zero-order valence-electron chi connectivity index (χ0n) is 28.5. The van der Waals surface area contributed by atoms with Gasteiger partial charge in [0.05, 0.1) is 33.5 Å². The first-order valence-electron chi connectivity index (χ1n) is 17.1. The molecule has 0 saturated carbocycles. The molecule has 1 aliphatic rings. The van der Waals surface area contributed by atoms with E-state index >= 15 is 0 Å². The van der Waals surface area contributed by atoms with Crippen molar-refractivity contribution in [1.29, 1.82) is 0 Å². The summed E-state index contributed by atoms with van der Waals surface area (Å²) in [6, 6.07) is 39.3. The molecule has 5 rings (SSSR count). The van der Waals surface area contributed by atoms with E-state index in [1.54, 1.807) is 0 Å². The minimum Gasteiger partial charge on any atom is -0.469 e. The Morgan fingerprint density at radius 2 is 1.16 bits per heavy atom. The summed E-state index contributed by atoms with van der Waals surface area (Å²) in [5.74, 6) is -0.698. The van der Waals surface area contributed by atoms with Crippen LogP contribution in [-0.4, -0.2) is 56.7 Å². The van der Waals surface area contributed by atoms with Gasteiger partial charge in [-0.2, -0.15) is 0 Å². The predicted octanol–water partition coefficient (Wildman–Crippen LogP) is 7.13. The number of unbranched alkanes of at least 4 members (excludes halogenated alkanes) is 1. The molecule has 0 aromatic heterocycles. The minimum absolute atomic E-state index is 0.0803. The Kier molecular flexibility index (Phi) is 15.0. The molecular formula is C41H46O9. The third-order valence-corrected chi connectivity index (χ3v) is 8.36. The highest BCUT2D eigenvalue weighted by atomic mass is 16.7. The van der Waals surface area contributed by atoms with Crippen LogP contribution in [-0.2, 0) is 62.6 Å². The number of benzene rings is 4. The number of hydrogen-bond donors (Lipinski definition) is 0. The Hall–Kier alpha value is -4.38. The summed E-state index contributed by atoms with van der Waals surface area (Å²) < 4.78 is 43.2. The normalized spacial score (nSPS) is 17.5. The maximum absolute atomic E-state index is 13.0. The number of carbonyl (C=O) groups excluding carboxylic acids is 2. The van der Waals surface area contributed by atoms with Crippen molar-refractivity contribution in [3.8, 4) is 0 Å². The number of rotatable bonds is 20. The van der Waals surface area contributed by atoms with Gasteiger partial charge < -0.3 is 33.2 Å². The number of carbonyl (C=O) groups is 2. The van der Waals surface area contributed by atoms with E-state index < -0.39 is 36.7 Å². The molecule has 0 amide bonds. The molecule has 0 radical (unpaired) electrons. The summed E-state index contributed by atoms with van der Waals surface area (Å²) in [7, 11) is 1.35. The van der Waals surface area contributed by atoms with Crippen molar-refractivity contribution in [2.75, 3.05) is 20.3 Å². The first-order chi connectivity index (χ1) is 24.6. The van der Waals surface area contributed by atoms with Gasteiger partial charge >= 0.3 is 11.9 Å². The molecule has 5 atom stereocenters. The summed E-state index contributed by atoms with van der Waals surface area (Å²) >= 11 is 0. The predicted molar refractivity (Wildman–Crippen MR) is 187 cm³/mol. The van der Waals surface area contributed by atoms with Crippen LogP contribution in [0.25, 0.3) is 0 Å². The number of methoxy groups -OCH3 is 1. The fourth-order valence-electron chi connectivity index (χ4n) is 5.64. The van der Waals surface area contributed by atoms with Gasteiger partial charge in [0.15, 0.2) is 6.29 Å². The molecular weight excluding hydrogens is 636 g/mol. The van der Waals surface area contributed by atoms with E-state index in [1.807, 2.05) is 121 Å². The van der Waals surface area contributed by atoms with Crippen molar-refractivity contribution >= 4 is 11.9 Å². The molecule has 1 saturated heterocycles. The quantitative estimate of drug-likeness (QED) is 0.0712. The summed E-state index contributed by atoms with van der Waals surface area (Å²) in [4.78, 5) is 24.5. The van der Waals surface area contributed by atoms with Gasteiger partial charge in [-0.05, 0) is 29.5 Å². The smallest absolute Gasteiger partial charge is 0.305 e. The molecule has 0 aliphatic carbocycles. The van der Waals surface area contributed by atoms with E-state index in [-0.39, 0.29) is 51.8 Å². The van der Waals surface area contributed by atoms with Crippen molar-refractivity contribution in [3.63, 3.8) is 0 Å². The SMILES string of the molecule is COC(=O)CCCCC(=O)OC[C@@H](OCc1ccccc1)[C@@H](OCc1ccccc1)[C@H](OCc1ccccc1)C1COC(c2ccccc2)O1. The van der Waals surface area contributed by atoms with E-state index in [2.05, 4.69) is 0 Å². The molecule has 0 N–H and O–H groups in total. The largest absolute Gasteiger partial charge is 0.469 e. The zero-order valence-corrected chi connectivity index (χ0v) is 28.5. The molecule has 264 valence electrons. The molecule has 9 nitrogen and oxygen atoms in total. The molecule has 50 heavy (non-hydrogen) atoms. The van der Waals surface area contributed by atoms with E-state index in [1.165, 1.54) is 7.11 Å². The Morgan fingerprint density at radius 3 is 1.72 bits per heavy atom. The fourth-order valence-corrected chi connectivity index (χ4v) is 5.64. The minimum atomic E-state index is -0.738. The highest BCUT2D eigenvalue weighted by molar-refractivity contribution is 5.70. The molecule has 0 spiro atoms. The van der Waals surface area contributed by atoms with Crippen LogP contribution in [0.2, 0.25) is 0 Å². The molecule has 1 fully saturated rings. The lowest BCUT2D eigenvalue weighted by molar-refractivity contribution is -0.197. The van der Waals surface area contributed by atoms with Crippen LogP contribution in [0.1, 0.15) is 54.2 Å². The van der Waals surface area contributed by atoms with Crippen LogP contribution in [0.4, 0.5) is 0 Å². The molecule has 4 aromatic carbocycles. The van der Waals surface area contributed by atoms with E-state index in [9.17, 15) is 9.59 Å². The lowest BCUT2D eigenvalue weighted by Crippen LogP contribution is -2.51. The third-order valence-electron chi connectivity index (χ3n) is 8.36. The van der Waals surface area contributed by atoms with Crippen LogP contribution in [0, 0.1) is 0 Å². The average Bonchev–Trinajstić information content (AvgIpc) is 3.66. The summed E-state index contributed by atoms with van der Waals surface area (Å²) in [5, 5.41) is 0. The van der Waals surface area contributed by atoms with Crippen molar-refractivity contribution < 1.29 is 42.7 Å². The van der Waals surface area contributed by atoms with Crippen LogP contribution < -0.4 is 0 Å². The summed E-state index contributed by atoms with van der Waals surface area (Å²) in [5.41, 5.74) is 3.81. The number of ether oxygens (including phenoxy) is 7. The van der Waals surface area contributed by atoms with Crippen LogP contribution >= 0.6 is 0 Å². The lowest BCUT2D eigenvalue weighted by Gasteiger charge is -2.35. The first-order valence-corrected chi connectivity index (χ1v) is 17.1. The molecule has 4 aromatic rings. The monoisotopic (exact) mass is 682 g/mol. The van der Waals surface area contributed by atoms with E-state index in [4.69, 9.17) is 33.2 Å². The van der Waals surface area contributed by atoms with Gasteiger partial charge in [0.1, 0.15) is 31.0 Å². The fraction of sp³-hybridized carbons (Fsp3) is 0.366. The molecule has 1 aliphatic heterocycles. The number of hydrogen-bond acceptors (Lipinski definition) is 9.